The maximum Gasteiger partial charge on any atom is 0.271 e. The molecule has 0 aliphatic heterocycles. The van der Waals surface area contributed by atoms with Crippen LogP contribution in [0.5, 0.6) is 0 Å². The van der Waals surface area contributed by atoms with Gasteiger partial charge in [0.2, 0.25) is 5.91 Å². The topological polar surface area (TPSA) is 98.3 Å². The summed E-state index contributed by atoms with van der Waals surface area (Å²) >= 11 is 0. The molecule has 0 atom stereocenters. The molecule has 1 aliphatic carbocycles. The van der Waals surface area contributed by atoms with E-state index in [9.17, 15) is 14.9 Å². The first-order valence-electron chi connectivity index (χ1n) is 4.86. The molecule has 1 aromatic carbocycles. The van der Waals surface area contributed by atoms with Gasteiger partial charge in [0, 0.05) is 17.8 Å². The number of hydrogen-bond donors (Lipinski definition) is 2. The van der Waals surface area contributed by atoms with Crippen molar-refractivity contribution >= 4 is 29.7 Å². The van der Waals surface area contributed by atoms with Crippen LogP contribution < -0.4 is 11.1 Å². The predicted molar refractivity (Wildman–Crippen MR) is 65.1 cm³/mol. The maximum atomic E-state index is 11.6. The molecule has 1 aromatic rings. The zero-order valence-electron chi connectivity index (χ0n) is 8.88. The lowest BCUT2D eigenvalue weighted by Gasteiger charge is -2.09. The molecule has 92 valence electrons. The Bertz CT molecular complexity index is 460. The molecule has 0 unspecified atom stereocenters. The second kappa shape index (κ2) is 4.68. The standard InChI is InChI=1S/C10H11N3O3.ClH/c11-10(4-5-10)9(14)12-7-2-1-3-8(6-7)13(15)16;/h1-3,6H,4-5,11H2,(H,12,14);1H. The number of hydrogen-bond acceptors (Lipinski definition) is 4. The van der Waals surface area contributed by atoms with Gasteiger partial charge in [-0.1, -0.05) is 6.07 Å². The average molecular weight is 258 g/mol. The summed E-state index contributed by atoms with van der Waals surface area (Å²) < 4.78 is 0. The summed E-state index contributed by atoms with van der Waals surface area (Å²) in [6, 6.07) is 5.79. The van der Waals surface area contributed by atoms with Crippen LogP contribution in [-0.2, 0) is 4.79 Å². The van der Waals surface area contributed by atoms with Gasteiger partial charge in [0.1, 0.15) is 0 Å². The first kappa shape index (κ1) is 13.4. The molecule has 3 N–H and O–H groups in total. The Balaban J connectivity index is 0.00000144. The van der Waals surface area contributed by atoms with Crippen molar-refractivity contribution < 1.29 is 9.72 Å². The van der Waals surface area contributed by atoms with Crippen molar-refractivity contribution in [2.45, 2.75) is 18.4 Å². The molecular weight excluding hydrogens is 246 g/mol. The van der Waals surface area contributed by atoms with Crippen LogP contribution in [0.25, 0.3) is 0 Å². The van der Waals surface area contributed by atoms with Crippen LogP contribution in [0.2, 0.25) is 0 Å². The zero-order valence-corrected chi connectivity index (χ0v) is 9.70. The SMILES string of the molecule is Cl.NC1(C(=O)Nc2cccc([N+](=O)[O-])c2)CC1. The number of carbonyl (C=O) groups is 1. The largest absolute Gasteiger partial charge is 0.324 e. The summed E-state index contributed by atoms with van der Waals surface area (Å²) in [5, 5.41) is 13.1. The van der Waals surface area contributed by atoms with E-state index in [4.69, 9.17) is 5.73 Å². The summed E-state index contributed by atoms with van der Waals surface area (Å²) in [5.41, 5.74) is 5.26. The predicted octanol–water partition coefficient (Wildman–Crippen LogP) is 1.45. The molecule has 6 nitrogen and oxygen atoms in total. The van der Waals surface area contributed by atoms with Crippen LogP contribution in [0.4, 0.5) is 11.4 Å². The molecule has 1 fully saturated rings. The van der Waals surface area contributed by atoms with Gasteiger partial charge < -0.3 is 11.1 Å². The number of anilines is 1. The fraction of sp³-hybridized carbons (Fsp3) is 0.300. The van der Waals surface area contributed by atoms with Crippen LogP contribution in [0.3, 0.4) is 0 Å². The highest BCUT2D eigenvalue weighted by Crippen LogP contribution is 2.33. The number of rotatable bonds is 3. The molecule has 1 saturated carbocycles. The van der Waals surface area contributed by atoms with Gasteiger partial charge in [-0.25, -0.2) is 0 Å². The molecule has 0 saturated heterocycles. The lowest BCUT2D eigenvalue weighted by Crippen LogP contribution is -2.37. The molecule has 0 radical (unpaired) electrons. The second-order valence-corrected chi connectivity index (χ2v) is 3.92. The van der Waals surface area contributed by atoms with E-state index in [1.165, 1.54) is 18.2 Å². The van der Waals surface area contributed by atoms with Crippen LogP contribution >= 0.6 is 12.4 Å². The van der Waals surface area contributed by atoms with E-state index in [2.05, 4.69) is 5.32 Å². The molecular formula is C10H12ClN3O3. The molecule has 17 heavy (non-hydrogen) atoms. The van der Waals surface area contributed by atoms with Crippen molar-refractivity contribution in [1.29, 1.82) is 0 Å². The number of nitro groups is 1. The zero-order chi connectivity index (χ0) is 11.8. The van der Waals surface area contributed by atoms with E-state index in [0.29, 0.717) is 18.5 Å². The first-order valence-corrected chi connectivity index (χ1v) is 4.86. The van der Waals surface area contributed by atoms with E-state index in [-0.39, 0.29) is 24.0 Å². The molecule has 0 spiro atoms. The van der Waals surface area contributed by atoms with Crippen molar-refractivity contribution in [1.82, 2.24) is 0 Å². The van der Waals surface area contributed by atoms with Gasteiger partial charge in [-0.05, 0) is 18.9 Å². The van der Waals surface area contributed by atoms with Gasteiger partial charge in [0.15, 0.2) is 0 Å². The Morgan fingerprint density at radius 2 is 2.12 bits per heavy atom. The summed E-state index contributed by atoms with van der Waals surface area (Å²) in [5.74, 6) is -0.284. The normalized spacial score (nSPS) is 15.6. The minimum absolute atomic E-state index is 0. The lowest BCUT2D eigenvalue weighted by atomic mass is 10.2. The molecule has 2 rings (SSSR count). The monoisotopic (exact) mass is 257 g/mol. The summed E-state index contributed by atoms with van der Waals surface area (Å²) in [4.78, 5) is 21.6. The first-order chi connectivity index (χ1) is 7.51. The average Bonchev–Trinajstić information content (AvgIpc) is 2.98. The molecule has 0 heterocycles. The number of nitro benzene ring substituents is 1. The minimum Gasteiger partial charge on any atom is -0.324 e. The molecule has 0 aromatic heterocycles. The Hall–Kier alpha value is -1.66. The minimum atomic E-state index is -0.773. The van der Waals surface area contributed by atoms with Crippen molar-refractivity contribution in [3.63, 3.8) is 0 Å². The van der Waals surface area contributed by atoms with Crippen molar-refractivity contribution in [3.8, 4) is 0 Å². The third-order valence-corrected chi connectivity index (χ3v) is 2.56. The van der Waals surface area contributed by atoms with Gasteiger partial charge >= 0.3 is 0 Å². The third kappa shape index (κ3) is 2.92. The summed E-state index contributed by atoms with van der Waals surface area (Å²) in [6.45, 7) is 0. The quantitative estimate of drug-likeness (QED) is 0.632. The number of nitrogens with two attached hydrogens (primary N) is 1. The van der Waals surface area contributed by atoms with E-state index in [1.807, 2.05) is 0 Å². The highest BCUT2D eigenvalue weighted by atomic mass is 35.5. The van der Waals surface area contributed by atoms with E-state index >= 15 is 0 Å². The summed E-state index contributed by atoms with van der Waals surface area (Å²) in [7, 11) is 0. The van der Waals surface area contributed by atoms with Crippen molar-refractivity contribution in [2.75, 3.05) is 5.32 Å². The van der Waals surface area contributed by atoms with Crippen LogP contribution in [0.15, 0.2) is 24.3 Å². The van der Waals surface area contributed by atoms with Gasteiger partial charge in [-0.2, -0.15) is 0 Å². The smallest absolute Gasteiger partial charge is 0.271 e. The Labute approximate surface area is 104 Å². The lowest BCUT2D eigenvalue weighted by molar-refractivity contribution is -0.384. The number of carbonyl (C=O) groups excluding carboxylic acids is 1. The van der Waals surface area contributed by atoms with Crippen LogP contribution in [0, 0.1) is 10.1 Å². The summed E-state index contributed by atoms with van der Waals surface area (Å²) in [6.07, 6.45) is 1.32. The number of benzene rings is 1. The number of non-ortho nitro benzene ring substituents is 1. The fourth-order valence-corrected chi connectivity index (χ4v) is 1.31. The van der Waals surface area contributed by atoms with E-state index in [1.54, 1.807) is 6.07 Å². The third-order valence-electron chi connectivity index (χ3n) is 2.56. The van der Waals surface area contributed by atoms with Gasteiger partial charge in [0.05, 0.1) is 10.5 Å². The van der Waals surface area contributed by atoms with Crippen LogP contribution in [0.1, 0.15) is 12.8 Å². The number of nitrogens with one attached hydrogen (secondary N) is 1. The van der Waals surface area contributed by atoms with E-state index in [0.717, 1.165) is 0 Å². The maximum absolute atomic E-state index is 11.6. The fourth-order valence-electron chi connectivity index (χ4n) is 1.31. The van der Waals surface area contributed by atoms with Gasteiger partial charge in [-0.3, -0.25) is 14.9 Å². The molecule has 7 heteroatoms. The van der Waals surface area contributed by atoms with Gasteiger partial charge in [0.25, 0.3) is 5.69 Å². The van der Waals surface area contributed by atoms with Crippen molar-refractivity contribution in [2.24, 2.45) is 5.73 Å². The van der Waals surface area contributed by atoms with Crippen LogP contribution in [-0.4, -0.2) is 16.4 Å². The van der Waals surface area contributed by atoms with E-state index < -0.39 is 10.5 Å². The molecule has 1 amide bonds. The highest BCUT2D eigenvalue weighted by Gasteiger charge is 2.45. The van der Waals surface area contributed by atoms with Crippen molar-refractivity contribution in [3.05, 3.63) is 34.4 Å². The Morgan fingerprint density at radius 1 is 1.47 bits per heavy atom. The number of nitrogens with zero attached hydrogens (tertiary/aromatic N) is 1. The number of halogens is 1. The second-order valence-electron chi connectivity index (χ2n) is 3.92. The highest BCUT2D eigenvalue weighted by molar-refractivity contribution is 6.00. The van der Waals surface area contributed by atoms with Gasteiger partial charge in [-0.15, -0.1) is 12.4 Å². The Kier molecular flexibility index (Phi) is 3.69. The Morgan fingerprint density at radius 3 is 2.65 bits per heavy atom. The molecule has 0 bridgehead atoms. The molecule has 1 aliphatic rings. The number of amides is 1.